The van der Waals surface area contributed by atoms with Gasteiger partial charge in [-0.2, -0.15) is 5.10 Å². The zero-order valence-electron chi connectivity index (χ0n) is 13.9. The van der Waals surface area contributed by atoms with Gasteiger partial charge in [-0.15, -0.1) is 0 Å². The van der Waals surface area contributed by atoms with Crippen molar-refractivity contribution < 1.29 is 0 Å². The highest BCUT2D eigenvalue weighted by molar-refractivity contribution is 5.08. The number of aromatic amines is 1. The molecular weight excluding hydrogens is 294 g/mol. The second-order valence-corrected chi connectivity index (χ2v) is 6.36. The Morgan fingerprint density at radius 1 is 1.22 bits per heavy atom. The van der Waals surface area contributed by atoms with E-state index in [1.54, 1.807) is 6.92 Å². The second kappa shape index (κ2) is 6.16. The summed E-state index contributed by atoms with van der Waals surface area (Å²) in [6.45, 7) is 8.77. The normalized spacial score (nSPS) is 18.7. The molecule has 1 saturated heterocycles. The molecule has 7 heteroatoms. The highest BCUT2D eigenvalue weighted by Crippen LogP contribution is 2.22. The molecule has 0 aromatic carbocycles. The molecule has 0 bridgehead atoms. The van der Waals surface area contributed by atoms with Crippen LogP contribution < -0.4 is 11.2 Å². The van der Waals surface area contributed by atoms with E-state index in [2.05, 4.69) is 32.7 Å². The number of hydrogen-bond acceptors (Lipinski definition) is 4. The van der Waals surface area contributed by atoms with Gasteiger partial charge in [-0.1, -0.05) is 0 Å². The van der Waals surface area contributed by atoms with Gasteiger partial charge in [0.1, 0.15) is 0 Å². The van der Waals surface area contributed by atoms with Crippen molar-refractivity contribution in [3.05, 3.63) is 50.1 Å². The third-order valence-electron chi connectivity index (χ3n) is 4.43. The Bertz CT molecular complexity index is 785. The number of aryl methyl sites for hydroxylation is 3. The van der Waals surface area contributed by atoms with Gasteiger partial charge < -0.3 is 4.98 Å². The van der Waals surface area contributed by atoms with Crippen LogP contribution in [0.4, 0.5) is 0 Å². The van der Waals surface area contributed by atoms with Crippen LogP contribution in [0.1, 0.15) is 29.5 Å². The predicted molar refractivity (Wildman–Crippen MR) is 87.9 cm³/mol. The standard InChI is InChI=1S/C16H23N5O2/c1-11-9-15(22)20(16(23)17-11)7-6-19-5-4-14(10-19)21-13(3)8-12(2)18-21/h8-9,14H,4-7,10H2,1-3H3,(H,17,23)/t14-/m0/s1. The van der Waals surface area contributed by atoms with Crippen LogP contribution >= 0.6 is 0 Å². The lowest BCUT2D eigenvalue weighted by Gasteiger charge is -2.17. The summed E-state index contributed by atoms with van der Waals surface area (Å²) >= 11 is 0. The summed E-state index contributed by atoms with van der Waals surface area (Å²) in [5.41, 5.74) is 2.26. The number of aromatic nitrogens is 4. The Kier molecular flexibility index (Phi) is 4.21. The highest BCUT2D eigenvalue weighted by atomic mass is 16.2. The third kappa shape index (κ3) is 3.29. The summed E-state index contributed by atoms with van der Waals surface area (Å²) in [6.07, 6.45) is 1.04. The van der Waals surface area contributed by atoms with Gasteiger partial charge in [0.25, 0.3) is 5.56 Å². The lowest BCUT2D eigenvalue weighted by atomic mass is 10.2. The van der Waals surface area contributed by atoms with Gasteiger partial charge in [0.15, 0.2) is 0 Å². The van der Waals surface area contributed by atoms with E-state index in [4.69, 9.17) is 0 Å². The first kappa shape index (κ1) is 15.7. The average molecular weight is 317 g/mol. The second-order valence-electron chi connectivity index (χ2n) is 6.36. The first-order valence-corrected chi connectivity index (χ1v) is 8.00. The summed E-state index contributed by atoms with van der Waals surface area (Å²) in [5.74, 6) is 0. The van der Waals surface area contributed by atoms with Crippen molar-refractivity contribution in [3.63, 3.8) is 0 Å². The minimum atomic E-state index is -0.329. The summed E-state index contributed by atoms with van der Waals surface area (Å²) in [7, 11) is 0. The minimum Gasteiger partial charge on any atom is -0.311 e. The number of nitrogens with zero attached hydrogens (tertiary/aromatic N) is 4. The topological polar surface area (TPSA) is 75.9 Å². The lowest BCUT2D eigenvalue weighted by Crippen LogP contribution is -2.38. The molecule has 3 heterocycles. The third-order valence-corrected chi connectivity index (χ3v) is 4.43. The maximum Gasteiger partial charge on any atom is 0.328 e. The van der Waals surface area contributed by atoms with Gasteiger partial charge in [0.05, 0.1) is 11.7 Å². The van der Waals surface area contributed by atoms with E-state index in [9.17, 15) is 9.59 Å². The van der Waals surface area contributed by atoms with Crippen molar-refractivity contribution in [2.24, 2.45) is 0 Å². The fourth-order valence-corrected chi connectivity index (χ4v) is 3.32. The van der Waals surface area contributed by atoms with Gasteiger partial charge in [0, 0.05) is 43.6 Å². The molecule has 124 valence electrons. The number of hydrogen-bond donors (Lipinski definition) is 1. The van der Waals surface area contributed by atoms with Crippen LogP contribution in [0.2, 0.25) is 0 Å². The number of likely N-dealkylation sites (tertiary alicyclic amines) is 1. The largest absolute Gasteiger partial charge is 0.328 e. The molecular formula is C16H23N5O2. The van der Waals surface area contributed by atoms with Crippen molar-refractivity contribution in [1.82, 2.24) is 24.2 Å². The molecule has 2 aromatic rings. The molecule has 0 aliphatic carbocycles. The molecule has 1 fully saturated rings. The van der Waals surface area contributed by atoms with Crippen LogP contribution in [0, 0.1) is 20.8 Å². The molecule has 0 amide bonds. The van der Waals surface area contributed by atoms with Crippen LogP contribution in [-0.4, -0.2) is 43.9 Å². The number of nitrogens with one attached hydrogen (secondary N) is 1. The summed E-state index contributed by atoms with van der Waals surface area (Å²) < 4.78 is 3.36. The Labute approximate surface area is 134 Å². The van der Waals surface area contributed by atoms with Crippen molar-refractivity contribution in [2.75, 3.05) is 19.6 Å². The van der Waals surface area contributed by atoms with Gasteiger partial charge >= 0.3 is 5.69 Å². The van der Waals surface area contributed by atoms with E-state index < -0.39 is 0 Å². The van der Waals surface area contributed by atoms with Gasteiger partial charge in [-0.25, -0.2) is 4.79 Å². The zero-order valence-corrected chi connectivity index (χ0v) is 13.9. The number of rotatable bonds is 4. The smallest absolute Gasteiger partial charge is 0.311 e. The minimum absolute atomic E-state index is 0.236. The van der Waals surface area contributed by atoms with E-state index in [0.717, 1.165) is 25.2 Å². The predicted octanol–water partition coefficient (Wildman–Crippen LogP) is 0.605. The van der Waals surface area contributed by atoms with Crippen LogP contribution in [0.5, 0.6) is 0 Å². The molecule has 2 aromatic heterocycles. The summed E-state index contributed by atoms with van der Waals surface area (Å²) in [6, 6.07) is 3.93. The van der Waals surface area contributed by atoms with Crippen molar-refractivity contribution in [2.45, 2.75) is 39.8 Å². The van der Waals surface area contributed by atoms with Gasteiger partial charge in [0.2, 0.25) is 0 Å². The van der Waals surface area contributed by atoms with E-state index in [0.29, 0.717) is 24.8 Å². The molecule has 1 aliphatic heterocycles. The Hall–Kier alpha value is -2.15. The van der Waals surface area contributed by atoms with Crippen molar-refractivity contribution in [1.29, 1.82) is 0 Å². The molecule has 0 saturated carbocycles. The first-order chi connectivity index (χ1) is 10.9. The highest BCUT2D eigenvalue weighted by Gasteiger charge is 2.25. The maximum absolute atomic E-state index is 11.9. The molecule has 1 N–H and O–H groups in total. The SMILES string of the molecule is Cc1cc(C)n([C@H]2CCN(CCn3c(=O)cc(C)[nH]c3=O)C2)n1. The quantitative estimate of drug-likeness (QED) is 0.896. The lowest BCUT2D eigenvalue weighted by molar-refractivity contribution is 0.300. The summed E-state index contributed by atoms with van der Waals surface area (Å²) in [5, 5.41) is 4.56. The Balaban J connectivity index is 1.64. The fraction of sp³-hybridized carbons (Fsp3) is 0.562. The molecule has 0 unspecified atom stereocenters. The fourth-order valence-electron chi connectivity index (χ4n) is 3.32. The van der Waals surface area contributed by atoms with Crippen LogP contribution in [0.3, 0.4) is 0 Å². The Morgan fingerprint density at radius 3 is 2.65 bits per heavy atom. The molecule has 1 atom stereocenters. The Morgan fingerprint density at radius 2 is 2.00 bits per heavy atom. The molecule has 23 heavy (non-hydrogen) atoms. The van der Waals surface area contributed by atoms with Crippen LogP contribution in [-0.2, 0) is 6.54 Å². The van der Waals surface area contributed by atoms with E-state index in [1.165, 1.54) is 16.3 Å². The monoisotopic (exact) mass is 317 g/mol. The van der Waals surface area contributed by atoms with Crippen LogP contribution in [0.15, 0.2) is 21.7 Å². The maximum atomic E-state index is 11.9. The molecule has 1 aliphatic rings. The molecule has 3 rings (SSSR count). The van der Waals surface area contributed by atoms with E-state index >= 15 is 0 Å². The van der Waals surface area contributed by atoms with Crippen LogP contribution in [0.25, 0.3) is 0 Å². The van der Waals surface area contributed by atoms with E-state index in [1.807, 2.05) is 6.92 Å². The zero-order chi connectivity index (χ0) is 16.6. The summed E-state index contributed by atoms with van der Waals surface area (Å²) in [4.78, 5) is 28.7. The van der Waals surface area contributed by atoms with Gasteiger partial charge in [-0.3, -0.25) is 18.9 Å². The molecule has 0 spiro atoms. The first-order valence-electron chi connectivity index (χ1n) is 8.00. The average Bonchev–Trinajstić information content (AvgIpc) is 3.04. The molecule has 0 radical (unpaired) electrons. The van der Waals surface area contributed by atoms with E-state index in [-0.39, 0.29) is 11.2 Å². The van der Waals surface area contributed by atoms with Crippen molar-refractivity contribution in [3.8, 4) is 0 Å². The van der Waals surface area contributed by atoms with Crippen molar-refractivity contribution >= 4 is 0 Å². The van der Waals surface area contributed by atoms with Gasteiger partial charge in [-0.05, 0) is 33.3 Å². The molecule has 7 nitrogen and oxygen atoms in total. The number of H-pyrrole nitrogens is 1.